The standard InChI is InChI=1S/C28H39N2S.CHF3O3S/c1-18(2)22-12-10-13-23(19(3)4)26(22)29-16-17-30(28(29)31-9)27-24(20(5)6)14-11-15-25(27)21(7)8;2-1(3,4)8(5,6)7/h10-21H,1-9H3;(H,5,6,7)/q+1;/p-1. The van der Waals surface area contributed by atoms with Crippen molar-refractivity contribution in [2.45, 2.75) is 89.7 Å². The smallest absolute Gasteiger partial charge is 0.485 e. The Hall–Kier alpha value is -2.30. The van der Waals surface area contributed by atoms with Gasteiger partial charge in [-0.2, -0.15) is 22.3 Å². The average molecular weight is 585 g/mol. The summed E-state index contributed by atoms with van der Waals surface area (Å²) in [5, 5.41) is 1.25. The minimum Gasteiger partial charge on any atom is -0.741 e. The quantitative estimate of drug-likeness (QED) is 0.122. The zero-order valence-corrected chi connectivity index (χ0v) is 25.6. The second-order valence-corrected chi connectivity index (χ2v) is 12.8. The van der Waals surface area contributed by atoms with Crippen LogP contribution in [0, 0.1) is 0 Å². The first-order valence-corrected chi connectivity index (χ1v) is 15.5. The largest absolute Gasteiger partial charge is 0.741 e. The summed E-state index contributed by atoms with van der Waals surface area (Å²) in [5.74, 6) is 1.86. The van der Waals surface area contributed by atoms with Crippen LogP contribution in [0.1, 0.15) is 101 Å². The van der Waals surface area contributed by atoms with Crippen LogP contribution in [-0.2, 0) is 10.1 Å². The van der Waals surface area contributed by atoms with Gasteiger partial charge in [-0.3, -0.25) is 0 Å². The minimum atomic E-state index is -6.09. The summed E-state index contributed by atoms with van der Waals surface area (Å²) in [7, 11) is -6.09. The Labute approximate surface area is 235 Å². The monoisotopic (exact) mass is 584 g/mol. The molecule has 2 aromatic carbocycles. The number of halogens is 3. The van der Waals surface area contributed by atoms with E-state index in [-0.39, 0.29) is 0 Å². The number of aromatic nitrogens is 2. The molecule has 0 aliphatic carbocycles. The molecule has 0 spiro atoms. The molecule has 0 aliphatic heterocycles. The highest BCUT2D eigenvalue weighted by Crippen LogP contribution is 2.35. The fourth-order valence-electron chi connectivity index (χ4n) is 4.49. The van der Waals surface area contributed by atoms with E-state index in [1.165, 1.54) is 38.8 Å². The van der Waals surface area contributed by atoms with Crippen molar-refractivity contribution in [3.63, 3.8) is 0 Å². The van der Waals surface area contributed by atoms with E-state index in [1.807, 2.05) is 11.8 Å². The maximum atomic E-state index is 10.7. The highest BCUT2D eigenvalue weighted by molar-refractivity contribution is 7.98. The second-order valence-electron chi connectivity index (χ2n) is 10.6. The van der Waals surface area contributed by atoms with Gasteiger partial charge in [0, 0.05) is 22.3 Å². The van der Waals surface area contributed by atoms with Crippen LogP contribution < -0.4 is 4.57 Å². The van der Waals surface area contributed by atoms with Gasteiger partial charge in [0.15, 0.2) is 10.1 Å². The van der Waals surface area contributed by atoms with Crippen molar-refractivity contribution in [2.24, 2.45) is 0 Å². The molecule has 0 amide bonds. The van der Waals surface area contributed by atoms with Gasteiger partial charge in [-0.05, 0) is 41.7 Å². The summed E-state index contributed by atoms with van der Waals surface area (Å²) in [5.41, 5.74) is 2.69. The molecule has 0 radical (unpaired) electrons. The van der Waals surface area contributed by atoms with Crippen molar-refractivity contribution in [3.05, 3.63) is 71.0 Å². The Balaban J connectivity index is 0.000000580. The molecule has 0 N–H and O–H groups in total. The van der Waals surface area contributed by atoms with Gasteiger partial charge in [0.2, 0.25) is 0 Å². The highest BCUT2D eigenvalue weighted by Gasteiger charge is 2.37. The Kier molecular flexibility index (Phi) is 10.9. The number of rotatable bonds is 7. The van der Waals surface area contributed by atoms with Gasteiger partial charge >= 0.3 is 10.7 Å². The number of para-hydroxylation sites is 2. The summed E-state index contributed by atoms with van der Waals surface area (Å²) in [6.07, 6.45) is 6.72. The third-order valence-electron chi connectivity index (χ3n) is 6.41. The first-order valence-electron chi connectivity index (χ1n) is 12.9. The van der Waals surface area contributed by atoms with Gasteiger partial charge in [-0.15, -0.1) is 0 Å². The predicted molar refractivity (Wildman–Crippen MR) is 151 cm³/mol. The molecule has 3 aromatic rings. The lowest BCUT2D eigenvalue weighted by atomic mass is 9.92. The number of hydrogen-bond acceptors (Lipinski definition) is 4. The number of benzene rings is 2. The minimum absolute atomic E-state index is 0.466. The van der Waals surface area contributed by atoms with Crippen molar-refractivity contribution < 1.29 is 30.7 Å². The third-order valence-corrected chi connectivity index (χ3v) is 7.74. The molecule has 0 saturated heterocycles. The summed E-state index contributed by atoms with van der Waals surface area (Å²) in [6.45, 7) is 18.4. The van der Waals surface area contributed by atoms with Crippen LogP contribution >= 0.6 is 11.8 Å². The van der Waals surface area contributed by atoms with Crippen LogP contribution in [-0.4, -0.2) is 29.3 Å². The normalized spacial score (nSPS) is 12.4. The molecule has 0 unspecified atom stereocenters. The summed E-state index contributed by atoms with van der Waals surface area (Å²) in [6, 6.07) is 13.6. The van der Waals surface area contributed by atoms with Gasteiger partial charge in [0.1, 0.15) is 23.8 Å². The average Bonchev–Trinajstić information content (AvgIpc) is 3.25. The first kappa shape index (κ1) is 32.9. The van der Waals surface area contributed by atoms with E-state index in [9.17, 15) is 13.2 Å². The van der Waals surface area contributed by atoms with Gasteiger partial charge < -0.3 is 4.55 Å². The highest BCUT2D eigenvalue weighted by atomic mass is 32.2. The molecular weight excluding hydrogens is 545 g/mol. The second kappa shape index (κ2) is 12.9. The van der Waals surface area contributed by atoms with Crippen LogP contribution in [0.5, 0.6) is 0 Å². The molecule has 1 aromatic heterocycles. The molecule has 0 saturated carbocycles. The van der Waals surface area contributed by atoms with Gasteiger partial charge in [-0.1, -0.05) is 91.8 Å². The molecule has 3 rings (SSSR count). The molecule has 39 heavy (non-hydrogen) atoms. The lowest BCUT2D eigenvalue weighted by molar-refractivity contribution is -0.637. The topological polar surface area (TPSA) is 66.0 Å². The van der Waals surface area contributed by atoms with Crippen LogP contribution in [0.3, 0.4) is 0 Å². The SMILES string of the molecule is CSc1n(-c2c(C(C)C)cccc2C(C)C)cc[n+]1-c1c(C(C)C)cccc1C(C)C.O=S(=O)([O-])C(F)(F)F. The number of imidazole rings is 1. The Morgan fingerprint density at radius 3 is 1.46 bits per heavy atom. The van der Waals surface area contributed by atoms with Crippen LogP contribution in [0.25, 0.3) is 11.4 Å². The summed E-state index contributed by atoms with van der Waals surface area (Å²) in [4.78, 5) is 0. The lowest BCUT2D eigenvalue weighted by Gasteiger charge is -2.19. The van der Waals surface area contributed by atoms with E-state index in [2.05, 4.69) is 120 Å². The molecule has 10 heteroatoms. The molecular formula is C29H39F3N2O3S2. The third kappa shape index (κ3) is 7.46. The van der Waals surface area contributed by atoms with Crippen molar-refractivity contribution in [1.29, 1.82) is 0 Å². The van der Waals surface area contributed by atoms with Crippen LogP contribution in [0.15, 0.2) is 53.9 Å². The van der Waals surface area contributed by atoms with E-state index in [0.29, 0.717) is 23.7 Å². The molecule has 0 atom stereocenters. The lowest BCUT2D eigenvalue weighted by Crippen LogP contribution is -2.35. The first-order chi connectivity index (χ1) is 17.9. The number of thioether (sulfide) groups is 1. The predicted octanol–water partition coefficient (Wildman–Crippen LogP) is 8.02. The molecule has 1 heterocycles. The Morgan fingerprint density at radius 2 is 1.15 bits per heavy atom. The number of alkyl halides is 3. The van der Waals surface area contributed by atoms with Crippen molar-refractivity contribution in [3.8, 4) is 11.4 Å². The van der Waals surface area contributed by atoms with Crippen molar-refractivity contribution in [1.82, 2.24) is 4.57 Å². The summed E-state index contributed by atoms with van der Waals surface area (Å²) < 4.78 is 63.8. The van der Waals surface area contributed by atoms with Crippen LogP contribution in [0.4, 0.5) is 13.2 Å². The van der Waals surface area contributed by atoms with Gasteiger partial charge in [0.25, 0.3) is 0 Å². The molecule has 216 valence electrons. The zero-order chi connectivity index (χ0) is 29.9. The molecule has 5 nitrogen and oxygen atoms in total. The van der Waals surface area contributed by atoms with Crippen molar-refractivity contribution >= 4 is 21.9 Å². The molecule has 0 aliphatic rings. The Bertz CT molecular complexity index is 1240. The van der Waals surface area contributed by atoms with E-state index in [1.54, 1.807) is 0 Å². The van der Waals surface area contributed by atoms with E-state index in [0.717, 1.165) is 0 Å². The molecule has 0 fully saturated rings. The molecule has 0 bridgehead atoms. The van der Waals surface area contributed by atoms with Gasteiger partial charge in [0.05, 0.1) is 0 Å². The van der Waals surface area contributed by atoms with E-state index in [4.69, 9.17) is 13.0 Å². The fraction of sp³-hybridized carbons (Fsp3) is 0.483. The number of nitrogens with zero attached hydrogens (tertiary/aromatic N) is 2. The van der Waals surface area contributed by atoms with Crippen LogP contribution in [0.2, 0.25) is 0 Å². The zero-order valence-electron chi connectivity index (χ0n) is 24.0. The number of hydrogen-bond donors (Lipinski definition) is 0. The summed E-state index contributed by atoms with van der Waals surface area (Å²) >= 11 is 1.83. The fourth-order valence-corrected chi connectivity index (χ4v) is 5.19. The van der Waals surface area contributed by atoms with E-state index >= 15 is 0 Å². The van der Waals surface area contributed by atoms with Gasteiger partial charge in [-0.25, -0.2) is 8.42 Å². The Morgan fingerprint density at radius 1 is 0.795 bits per heavy atom. The van der Waals surface area contributed by atoms with E-state index < -0.39 is 15.6 Å². The van der Waals surface area contributed by atoms with Crippen molar-refractivity contribution in [2.75, 3.05) is 6.26 Å². The maximum absolute atomic E-state index is 10.7. The maximum Gasteiger partial charge on any atom is 0.485 e.